The van der Waals surface area contributed by atoms with Crippen molar-refractivity contribution in [1.29, 1.82) is 0 Å². The van der Waals surface area contributed by atoms with Crippen molar-refractivity contribution in [3.05, 3.63) is 95.8 Å². The van der Waals surface area contributed by atoms with E-state index < -0.39 is 34.3 Å². The number of hydrogen-bond donors (Lipinski definition) is 1. The van der Waals surface area contributed by atoms with Gasteiger partial charge in [0.1, 0.15) is 24.2 Å². The number of halogens is 1. The van der Waals surface area contributed by atoms with Gasteiger partial charge in [-0.25, -0.2) is 12.8 Å². The van der Waals surface area contributed by atoms with Crippen molar-refractivity contribution in [3.63, 3.8) is 0 Å². The second-order valence-electron chi connectivity index (χ2n) is 9.44. The van der Waals surface area contributed by atoms with Gasteiger partial charge in [0, 0.05) is 19.5 Å². The summed E-state index contributed by atoms with van der Waals surface area (Å²) in [4.78, 5) is 29.0. The molecule has 1 N–H and O–H groups in total. The van der Waals surface area contributed by atoms with Crippen LogP contribution >= 0.6 is 0 Å². The van der Waals surface area contributed by atoms with Gasteiger partial charge in [0.2, 0.25) is 21.8 Å². The number of sulfonamides is 1. The Morgan fingerprint density at radius 1 is 0.950 bits per heavy atom. The molecule has 0 bridgehead atoms. The third-order valence-electron chi connectivity index (χ3n) is 6.40. The van der Waals surface area contributed by atoms with Crippen molar-refractivity contribution < 1.29 is 27.1 Å². The van der Waals surface area contributed by atoms with E-state index in [4.69, 9.17) is 4.74 Å². The smallest absolute Gasteiger partial charge is 0.244 e. The summed E-state index contributed by atoms with van der Waals surface area (Å²) < 4.78 is 45.8. The van der Waals surface area contributed by atoms with Gasteiger partial charge in [0.05, 0.1) is 19.1 Å². The Morgan fingerprint density at radius 2 is 1.60 bits per heavy atom. The van der Waals surface area contributed by atoms with Crippen LogP contribution in [-0.4, -0.2) is 57.6 Å². The molecule has 3 aromatic carbocycles. The predicted molar refractivity (Wildman–Crippen MR) is 154 cm³/mol. The first-order chi connectivity index (χ1) is 19.1. The Morgan fingerprint density at radius 3 is 2.23 bits per heavy atom. The topological polar surface area (TPSA) is 96.0 Å². The summed E-state index contributed by atoms with van der Waals surface area (Å²) in [6.07, 6.45) is 2.87. The van der Waals surface area contributed by atoms with Gasteiger partial charge in [0.25, 0.3) is 0 Å². The van der Waals surface area contributed by atoms with E-state index >= 15 is 0 Å². The van der Waals surface area contributed by atoms with Crippen molar-refractivity contribution in [2.75, 3.05) is 30.8 Å². The number of unbranched alkanes of at least 4 members (excludes halogenated alkanes) is 1. The Kier molecular flexibility index (Phi) is 11.1. The fourth-order valence-electron chi connectivity index (χ4n) is 4.28. The second kappa shape index (κ2) is 14.5. The predicted octanol–water partition coefficient (Wildman–Crippen LogP) is 4.16. The number of benzene rings is 3. The molecule has 0 aliphatic rings. The molecule has 0 fully saturated rings. The molecular weight excluding hydrogens is 533 g/mol. The van der Waals surface area contributed by atoms with Crippen LogP contribution in [0.3, 0.4) is 0 Å². The van der Waals surface area contributed by atoms with E-state index in [-0.39, 0.29) is 30.3 Å². The van der Waals surface area contributed by atoms with Crippen molar-refractivity contribution in [3.8, 4) is 5.75 Å². The van der Waals surface area contributed by atoms with Crippen LogP contribution in [0.25, 0.3) is 0 Å². The van der Waals surface area contributed by atoms with Gasteiger partial charge < -0.3 is 15.0 Å². The number of para-hydroxylation sites is 2. The first-order valence-corrected chi connectivity index (χ1v) is 14.9. The molecule has 0 saturated carbocycles. The van der Waals surface area contributed by atoms with Crippen molar-refractivity contribution in [2.24, 2.45) is 0 Å². The maximum atomic E-state index is 14.0. The number of nitrogens with zero attached hydrogens (tertiary/aromatic N) is 2. The zero-order valence-corrected chi connectivity index (χ0v) is 23.9. The monoisotopic (exact) mass is 569 g/mol. The van der Waals surface area contributed by atoms with E-state index in [2.05, 4.69) is 5.32 Å². The molecule has 0 heterocycles. The van der Waals surface area contributed by atoms with Gasteiger partial charge in [-0.15, -0.1) is 0 Å². The lowest BCUT2D eigenvalue weighted by Crippen LogP contribution is -2.53. The molecule has 8 nitrogen and oxygen atoms in total. The summed E-state index contributed by atoms with van der Waals surface area (Å²) >= 11 is 0. The first kappa shape index (κ1) is 30.6. The molecule has 3 aromatic rings. The zero-order valence-electron chi connectivity index (χ0n) is 23.0. The Hall–Kier alpha value is -3.92. The summed E-state index contributed by atoms with van der Waals surface area (Å²) in [7, 11) is -2.51. The Labute approximate surface area is 235 Å². The average Bonchev–Trinajstić information content (AvgIpc) is 2.94. The summed E-state index contributed by atoms with van der Waals surface area (Å²) in [5.74, 6) is -1.09. The number of methoxy groups -OCH3 is 1. The number of hydrogen-bond acceptors (Lipinski definition) is 5. The summed E-state index contributed by atoms with van der Waals surface area (Å²) in [5.41, 5.74) is 1.63. The molecule has 0 aromatic heterocycles. The molecule has 0 radical (unpaired) electrons. The fourth-order valence-corrected chi connectivity index (χ4v) is 5.13. The lowest BCUT2D eigenvalue weighted by atomic mass is 10.0. The van der Waals surface area contributed by atoms with Crippen LogP contribution < -0.4 is 14.4 Å². The van der Waals surface area contributed by atoms with Gasteiger partial charge in [-0.3, -0.25) is 13.9 Å². The molecule has 3 rings (SSSR count). The van der Waals surface area contributed by atoms with Crippen LogP contribution in [0.1, 0.15) is 30.9 Å². The van der Waals surface area contributed by atoms with Gasteiger partial charge >= 0.3 is 0 Å². The van der Waals surface area contributed by atoms with Crippen LogP contribution in [0.4, 0.5) is 10.1 Å². The minimum Gasteiger partial charge on any atom is -0.495 e. The summed E-state index contributed by atoms with van der Waals surface area (Å²) in [6.45, 7) is 1.86. The normalized spacial score (nSPS) is 11.9. The van der Waals surface area contributed by atoms with Crippen molar-refractivity contribution >= 4 is 27.5 Å². The van der Waals surface area contributed by atoms with Gasteiger partial charge in [-0.1, -0.05) is 67.9 Å². The van der Waals surface area contributed by atoms with Crippen LogP contribution in [0, 0.1) is 5.82 Å². The number of nitrogens with one attached hydrogen (secondary N) is 1. The molecule has 0 aliphatic heterocycles. The standard InChI is InChI=1S/C30H36FN3O5S/c1-4-5-19-32-30(36)27(20-23-11-7-6-8-12-23)33(21-24-15-17-25(31)18-16-24)29(35)22-34(40(3,37)38)26-13-9-10-14-28(26)39-2/h6-18,27H,4-5,19-22H2,1-3H3,(H,32,36). The van der Waals surface area contributed by atoms with E-state index in [0.717, 1.165) is 29.0 Å². The lowest BCUT2D eigenvalue weighted by molar-refractivity contribution is -0.140. The highest BCUT2D eigenvalue weighted by molar-refractivity contribution is 7.92. The molecule has 1 atom stereocenters. The highest BCUT2D eigenvalue weighted by Gasteiger charge is 2.33. The number of rotatable bonds is 14. The number of carbonyl (C=O) groups excluding carboxylic acids is 2. The summed E-state index contributed by atoms with van der Waals surface area (Å²) in [5, 5.41) is 2.92. The molecule has 40 heavy (non-hydrogen) atoms. The van der Waals surface area contributed by atoms with E-state index in [1.165, 1.54) is 24.1 Å². The van der Waals surface area contributed by atoms with E-state index in [1.54, 1.807) is 36.4 Å². The van der Waals surface area contributed by atoms with Crippen LogP contribution in [0.15, 0.2) is 78.9 Å². The average molecular weight is 570 g/mol. The number of ether oxygens (including phenoxy) is 1. The minimum absolute atomic E-state index is 0.0265. The quantitative estimate of drug-likeness (QED) is 0.294. The van der Waals surface area contributed by atoms with Crippen molar-refractivity contribution in [2.45, 2.75) is 38.8 Å². The molecule has 10 heteroatoms. The van der Waals surface area contributed by atoms with Crippen molar-refractivity contribution in [1.82, 2.24) is 10.2 Å². The molecule has 1 unspecified atom stereocenters. The third-order valence-corrected chi connectivity index (χ3v) is 7.53. The van der Waals surface area contributed by atoms with Crippen LogP contribution in [0.2, 0.25) is 0 Å². The molecule has 0 saturated heterocycles. The lowest BCUT2D eigenvalue weighted by Gasteiger charge is -2.33. The largest absolute Gasteiger partial charge is 0.495 e. The van der Waals surface area contributed by atoms with Gasteiger partial charge in [-0.05, 0) is 41.8 Å². The van der Waals surface area contributed by atoms with Crippen LogP contribution in [-0.2, 0) is 32.6 Å². The SMILES string of the molecule is CCCCNC(=O)C(Cc1ccccc1)N(Cc1ccc(F)cc1)C(=O)CN(c1ccccc1OC)S(C)(=O)=O. The fraction of sp³-hybridized carbons (Fsp3) is 0.333. The maximum Gasteiger partial charge on any atom is 0.244 e. The van der Waals surface area contributed by atoms with Gasteiger partial charge in [-0.2, -0.15) is 0 Å². The first-order valence-electron chi connectivity index (χ1n) is 13.1. The molecule has 0 aliphatic carbocycles. The van der Waals surface area contributed by atoms with E-state index in [1.807, 2.05) is 37.3 Å². The van der Waals surface area contributed by atoms with E-state index in [0.29, 0.717) is 12.1 Å². The number of anilines is 1. The Balaban J connectivity index is 2.05. The second-order valence-corrected chi connectivity index (χ2v) is 11.3. The Bertz CT molecular complexity index is 1370. The molecule has 214 valence electrons. The number of carbonyl (C=O) groups is 2. The van der Waals surface area contributed by atoms with E-state index in [9.17, 15) is 22.4 Å². The highest BCUT2D eigenvalue weighted by Crippen LogP contribution is 2.30. The summed E-state index contributed by atoms with van der Waals surface area (Å²) in [6, 6.07) is 20.5. The third kappa shape index (κ3) is 8.54. The van der Waals surface area contributed by atoms with Crippen LogP contribution in [0.5, 0.6) is 5.75 Å². The molecular formula is C30H36FN3O5S. The number of amides is 2. The maximum absolute atomic E-state index is 14.0. The van der Waals surface area contributed by atoms with Gasteiger partial charge in [0.15, 0.2) is 0 Å². The minimum atomic E-state index is -3.92. The zero-order chi connectivity index (χ0) is 29.1. The highest BCUT2D eigenvalue weighted by atomic mass is 32.2. The molecule has 2 amide bonds. The molecule has 0 spiro atoms.